The van der Waals surface area contributed by atoms with Gasteiger partial charge in [0.1, 0.15) is 0 Å². The molecular weight excluding hydrogens is 272 g/mol. The van der Waals surface area contributed by atoms with Crippen LogP contribution in [0, 0.1) is 0 Å². The number of hydrogen-bond acceptors (Lipinski definition) is 5. The molecule has 0 heterocycles. The number of sulfonamides is 1. The van der Waals surface area contributed by atoms with Gasteiger partial charge >= 0.3 is 0 Å². The fourth-order valence-electron chi connectivity index (χ4n) is 1.08. The second kappa shape index (κ2) is 5.89. The Morgan fingerprint density at radius 1 is 1.38 bits per heavy atom. The summed E-state index contributed by atoms with van der Waals surface area (Å²) in [6, 6.07) is -0.688. The third-order valence-corrected chi connectivity index (χ3v) is 5.49. The van der Waals surface area contributed by atoms with Crippen molar-refractivity contribution in [3.63, 3.8) is 0 Å². The largest absolute Gasteiger partial charge is 0.392 e. The van der Waals surface area contributed by atoms with Crippen molar-refractivity contribution >= 4 is 37.1 Å². The van der Waals surface area contributed by atoms with Crippen LogP contribution in [0.15, 0.2) is 0 Å². The molecule has 1 unspecified atom stereocenters. The zero-order valence-corrected chi connectivity index (χ0v) is 11.6. The van der Waals surface area contributed by atoms with Gasteiger partial charge < -0.3 is 5.73 Å². The van der Waals surface area contributed by atoms with Gasteiger partial charge in [-0.2, -0.15) is 0 Å². The summed E-state index contributed by atoms with van der Waals surface area (Å²) < 4.78 is 46.8. The predicted molar refractivity (Wildman–Crippen MR) is 67.2 cm³/mol. The Bertz CT molecular complexity index is 440. The van der Waals surface area contributed by atoms with E-state index in [2.05, 4.69) is 4.72 Å². The number of nitrogens with two attached hydrogens (primary N) is 1. The van der Waals surface area contributed by atoms with Crippen LogP contribution in [-0.2, 0) is 19.9 Å². The van der Waals surface area contributed by atoms with E-state index >= 15 is 0 Å². The average molecular weight is 288 g/mol. The Morgan fingerprint density at radius 2 is 1.88 bits per heavy atom. The second-order valence-corrected chi connectivity index (χ2v) is 8.25. The lowest BCUT2D eigenvalue weighted by atomic mass is 10.2. The van der Waals surface area contributed by atoms with Gasteiger partial charge in [-0.3, -0.25) is 0 Å². The van der Waals surface area contributed by atoms with Crippen molar-refractivity contribution in [1.29, 1.82) is 0 Å². The van der Waals surface area contributed by atoms with Crippen LogP contribution >= 0.6 is 12.2 Å². The molecule has 0 aliphatic rings. The summed E-state index contributed by atoms with van der Waals surface area (Å²) in [5.41, 5.74) is 5.35. The fourth-order valence-corrected chi connectivity index (χ4v) is 4.54. The molecule has 96 valence electrons. The molecule has 0 aromatic rings. The summed E-state index contributed by atoms with van der Waals surface area (Å²) in [5.74, 6) is 0. The number of sulfone groups is 1. The van der Waals surface area contributed by atoms with E-state index in [1.54, 1.807) is 0 Å². The molecule has 16 heavy (non-hydrogen) atoms. The molecule has 0 saturated heterocycles. The third kappa shape index (κ3) is 7.09. The zero-order chi connectivity index (χ0) is 13.0. The first-order valence-corrected chi connectivity index (χ1v) is 8.66. The molecule has 0 bridgehead atoms. The van der Waals surface area contributed by atoms with Crippen molar-refractivity contribution in [3.8, 4) is 0 Å². The molecule has 0 saturated carbocycles. The fraction of sp³-hybridized carbons (Fsp3) is 0.857. The molecule has 0 aromatic carbocycles. The van der Waals surface area contributed by atoms with Gasteiger partial charge in [-0.05, 0) is 6.42 Å². The van der Waals surface area contributed by atoms with E-state index in [1.165, 1.54) is 0 Å². The van der Waals surface area contributed by atoms with E-state index in [0.29, 0.717) is 12.8 Å². The lowest BCUT2D eigenvalue weighted by Crippen LogP contribution is -2.45. The van der Waals surface area contributed by atoms with Gasteiger partial charge in [0.15, 0.2) is 14.9 Å². The molecule has 0 fully saturated rings. The van der Waals surface area contributed by atoms with Gasteiger partial charge in [0.2, 0.25) is 10.0 Å². The van der Waals surface area contributed by atoms with Crippen LogP contribution in [0.4, 0.5) is 0 Å². The molecule has 1 atom stereocenters. The Balaban J connectivity index is 4.74. The van der Waals surface area contributed by atoms with Crippen molar-refractivity contribution in [1.82, 2.24) is 4.72 Å². The van der Waals surface area contributed by atoms with Crippen molar-refractivity contribution in [2.75, 3.05) is 11.3 Å². The van der Waals surface area contributed by atoms with Gasteiger partial charge in [0.25, 0.3) is 0 Å². The SMILES string of the molecule is CCCC(NS(=O)(=O)CS(C)(=O)=O)C(N)=S. The molecule has 0 aliphatic carbocycles. The molecule has 0 aliphatic heterocycles. The number of thiocarbonyl (C=S) groups is 1. The Kier molecular flexibility index (Phi) is 5.80. The van der Waals surface area contributed by atoms with Crippen LogP contribution < -0.4 is 10.5 Å². The number of nitrogens with one attached hydrogen (secondary N) is 1. The lowest BCUT2D eigenvalue weighted by molar-refractivity contribution is 0.568. The summed E-state index contributed by atoms with van der Waals surface area (Å²) in [6.07, 6.45) is 1.98. The monoisotopic (exact) mass is 288 g/mol. The Morgan fingerprint density at radius 3 is 2.19 bits per heavy atom. The highest BCUT2D eigenvalue weighted by molar-refractivity contribution is 8.06. The van der Waals surface area contributed by atoms with E-state index in [4.69, 9.17) is 18.0 Å². The quantitative estimate of drug-likeness (QED) is 0.604. The topological polar surface area (TPSA) is 106 Å². The highest BCUT2D eigenvalue weighted by atomic mass is 32.3. The van der Waals surface area contributed by atoms with Crippen molar-refractivity contribution < 1.29 is 16.8 Å². The third-order valence-electron chi connectivity index (χ3n) is 1.61. The van der Waals surface area contributed by atoms with Crippen LogP contribution in [0.1, 0.15) is 19.8 Å². The minimum atomic E-state index is -3.91. The lowest BCUT2D eigenvalue weighted by Gasteiger charge is -2.16. The molecule has 0 radical (unpaired) electrons. The highest BCUT2D eigenvalue weighted by Crippen LogP contribution is 2.01. The maximum atomic E-state index is 11.4. The van der Waals surface area contributed by atoms with Crippen LogP contribution in [0.25, 0.3) is 0 Å². The van der Waals surface area contributed by atoms with E-state index in [9.17, 15) is 16.8 Å². The van der Waals surface area contributed by atoms with Crippen LogP contribution in [0.2, 0.25) is 0 Å². The Labute approximate surface area is 102 Å². The van der Waals surface area contributed by atoms with Gasteiger partial charge in [-0.15, -0.1) is 0 Å². The molecule has 6 nitrogen and oxygen atoms in total. The van der Waals surface area contributed by atoms with Crippen LogP contribution in [0.3, 0.4) is 0 Å². The summed E-state index contributed by atoms with van der Waals surface area (Å²) in [4.78, 5) is 0.0129. The van der Waals surface area contributed by atoms with E-state index in [-0.39, 0.29) is 4.99 Å². The molecule has 3 N–H and O–H groups in total. The predicted octanol–water partition coefficient (Wildman–Crippen LogP) is -0.637. The number of hydrogen-bond donors (Lipinski definition) is 2. The first kappa shape index (κ1) is 15.8. The van der Waals surface area contributed by atoms with E-state index in [1.807, 2.05) is 6.92 Å². The molecule has 0 spiro atoms. The minimum absolute atomic E-state index is 0.0129. The van der Waals surface area contributed by atoms with Crippen LogP contribution in [0.5, 0.6) is 0 Å². The molecule has 9 heteroatoms. The van der Waals surface area contributed by atoms with Gasteiger partial charge in [-0.1, -0.05) is 25.6 Å². The molecular formula is C7H16N2O4S3. The van der Waals surface area contributed by atoms with Crippen molar-refractivity contribution in [2.24, 2.45) is 5.73 Å². The maximum absolute atomic E-state index is 11.4. The summed E-state index contributed by atoms with van der Waals surface area (Å²) in [6.45, 7) is 1.84. The summed E-state index contributed by atoms with van der Waals surface area (Å²) in [5, 5.41) is -0.956. The van der Waals surface area contributed by atoms with Crippen LogP contribution in [-0.4, -0.2) is 39.2 Å². The average Bonchev–Trinajstić information content (AvgIpc) is 1.97. The van der Waals surface area contributed by atoms with Crippen molar-refractivity contribution in [3.05, 3.63) is 0 Å². The number of rotatable bonds is 7. The standard InChI is InChI=1S/C7H16N2O4S3/c1-3-4-6(7(8)14)9-16(12,13)5-15(2,10)11/h6,9H,3-5H2,1-2H3,(H2,8,14). The molecule has 0 rings (SSSR count). The normalized spacial score (nSPS) is 14.6. The maximum Gasteiger partial charge on any atom is 0.226 e. The minimum Gasteiger partial charge on any atom is -0.392 e. The smallest absolute Gasteiger partial charge is 0.226 e. The van der Waals surface area contributed by atoms with Gasteiger partial charge in [0.05, 0.1) is 11.0 Å². The first-order chi connectivity index (χ1) is 7.07. The van der Waals surface area contributed by atoms with Crippen molar-refractivity contribution in [2.45, 2.75) is 25.8 Å². The summed E-state index contributed by atoms with van der Waals surface area (Å²) >= 11 is 4.69. The Hall–Kier alpha value is -0.250. The van der Waals surface area contributed by atoms with E-state index in [0.717, 1.165) is 6.26 Å². The molecule has 0 aromatic heterocycles. The second-order valence-electron chi connectivity index (χ2n) is 3.52. The van der Waals surface area contributed by atoms with E-state index < -0.39 is 31.0 Å². The van der Waals surface area contributed by atoms with Gasteiger partial charge in [-0.25, -0.2) is 21.6 Å². The summed E-state index contributed by atoms with van der Waals surface area (Å²) in [7, 11) is -7.51. The molecule has 0 amide bonds. The first-order valence-electron chi connectivity index (χ1n) is 4.54. The van der Waals surface area contributed by atoms with Gasteiger partial charge in [0, 0.05) is 6.26 Å². The zero-order valence-electron chi connectivity index (χ0n) is 9.13. The highest BCUT2D eigenvalue weighted by Gasteiger charge is 2.23.